The van der Waals surface area contributed by atoms with E-state index >= 15 is 0 Å². The molecule has 1 saturated carbocycles. The first-order valence-electron chi connectivity index (χ1n) is 11.1. The van der Waals surface area contributed by atoms with Crippen molar-refractivity contribution in [1.82, 2.24) is 15.1 Å². The number of piperidine rings is 2. The molecular weight excluding hydrogens is 358 g/mol. The van der Waals surface area contributed by atoms with Gasteiger partial charge in [-0.1, -0.05) is 0 Å². The highest BCUT2D eigenvalue weighted by molar-refractivity contribution is 5.81. The van der Waals surface area contributed by atoms with Crippen molar-refractivity contribution in [2.45, 2.75) is 70.8 Å². The van der Waals surface area contributed by atoms with Crippen molar-refractivity contribution in [3.05, 3.63) is 0 Å². The van der Waals surface area contributed by atoms with Crippen LogP contribution in [0.25, 0.3) is 0 Å². The van der Waals surface area contributed by atoms with Crippen LogP contribution in [-0.2, 0) is 14.3 Å². The van der Waals surface area contributed by atoms with Crippen molar-refractivity contribution in [3.8, 4) is 0 Å². The summed E-state index contributed by atoms with van der Waals surface area (Å²) in [5.74, 6) is 0.562. The van der Waals surface area contributed by atoms with E-state index in [0.717, 1.165) is 64.5 Å². The van der Waals surface area contributed by atoms with E-state index in [-0.39, 0.29) is 29.9 Å². The maximum absolute atomic E-state index is 12.7. The maximum atomic E-state index is 12.7. The largest absolute Gasteiger partial charge is 0.450 e. The normalized spacial score (nSPS) is 26.6. The number of amides is 3. The van der Waals surface area contributed by atoms with E-state index < -0.39 is 0 Å². The minimum Gasteiger partial charge on any atom is -0.450 e. The Labute approximate surface area is 168 Å². The van der Waals surface area contributed by atoms with Gasteiger partial charge in [0.1, 0.15) is 0 Å². The summed E-state index contributed by atoms with van der Waals surface area (Å²) >= 11 is 0. The minimum atomic E-state index is -0.260. The van der Waals surface area contributed by atoms with Crippen molar-refractivity contribution in [2.24, 2.45) is 11.8 Å². The van der Waals surface area contributed by atoms with Gasteiger partial charge in [-0.3, -0.25) is 9.59 Å². The molecule has 0 aromatic rings. The van der Waals surface area contributed by atoms with Gasteiger partial charge in [-0.2, -0.15) is 0 Å². The summed E-state index contributed by atoms with van der Waals surface area (Å²) in [7, 11) is 0. The Balaban J connectivity index is 1.37. The van der Waals surface area contributed by atoms with E-state index in [2.05, 4.69) is 5.32 Å². The summed E-state index contributed by atoms with van der Waals surface area (Å²) in [5.41, 5.74) is 0. The SMILES string of the molecule is CCOC(=O)N1CCC(NC(=O)C2CCC(C(=O)N3CCCCC3)CC2)CC1. The molecule has 1 N–H and O–H groups in total. The molecule has 2 heterocycles. The van der Waals surface area contributed by atoms with Crippen LogP contribution in [0.2, 0.25) is 0 Å². The van der Waals surface area contributed by atoms with Gasteiger partial charge in [0, 0.05) is 44.1 Å². The second-order valence-corrected chi connectivity index (χ2v) is 8.40. The highest BCUT2D eigenvalue weighted by Gasteiger charge is 2.33. The predicted molar refractivity (Wildman–Crippen MR) is 106 cm³/mol. The van der Waals surface area contributed by atoms with Gasteiger partial charge in [0.2, 0.25) is 11.8 Å². The number of nitrogens with one attached hydrogen (secondary N) is 1. The Morgan fingerprint density at radius 3 is 2.04 bits per heavy atom. The summed E-state index contributed by atoms with van der Waals surface area (Å²) in [5, 5.41) is 3.17. The zero-order valence-electron chi connectivity index (χ0n) is 17.2. The van der Waals surface area contributed by atoms with Gasteiger partial charge in [0.05, 0.1) is 6.61 Å². The first-order valence-corrected chi connectivity index (χ1v) is 11.1. The first-order chi connectivity index (χ1) is 13.6. The first kappa shape index (κ1) is 20.9. The molecule has 0 bridgehead atoms. The van der Waals surface area contributed by atoms with E-state index in [4.69, 9.17) is 4.74 Å². The lowest BCUT2D eigenvalue weighted by molar-refractivity contribution is -0.139. The Hall–Kier alpha value is -1.79. The molecule has 0 aromatic heterocycles. The fraction of sp³-hybridized carbons (Fsp3) is 0.857. The Morgan fingerprint density at radius 2 is 1.43 bits per heavy atom. The number of hydrogen-bond donors (Lipinski definition) is 1. The van der Waals surface area contributed by atoms with Gasteiger partial charge in [-0.15, -0.1) is 0 Å². The van der Waals surface area contributed by atoms with E-state index in [1.165, 1.54) is 6.42 Å². The van der Waals surface area contributed by atoms with E-state index in [1.807, 2.05) is 4.90 Å². The van der Waals surface area contributed by atoms with Crippen molar-refractivity contribution < 1.29 is 19.1 Å². The summed E-state index contributed by atoms with van der Waals surface area (Å²) in [6.07, 6.45) is 8.02. The van der Waals surface area contributed by atoms with Crippen LogP contribution < -0.4 is 5.32 Å². The second kappa shape index (κ2) is 10.1. The number of hydrogen-bond acceptors (Lipinski definition) is 4. The van der Waals surface area contributed by atoms with Crippen LogP contribution in [0.3, 0.4) is 0 Å². The average Bonchev–Trinajstić information content (AvgIpc) is 2.74. The topological polar surface area (TPSA) is 79.0 Å². The molecule has 0 radical (unpaired) electrons. The molecule has 0 spiro atoms. The van der Waals surface area contributed by atoms with Gasteiger partial charge in [0.15, 0.2) is 0 Å². The molecule has 158 valence electrons. The van der Waals surface area contributed by atoms with Crippen LogP contribution in [0, 0.1) is 11.8 Å². The van der Waals surface area contributed by atoms with E-state index in [0.29, 0.717) is 25.6 Å². The van der Waals surface area contributed by atoms with Gasteiger partial charge in [-0.05, 0) is 64.7 Å². The Morgan fingerprint density at radius 1 is 0.821 bits per heavy atom. The number of carbonyl (C=O) groups excluding carboxylic acids is 3. The lowest BCUT2D eigenvalue weighted by Crippen LogP contribution is -2.48. The molecule has 7 heteroatoms. The highest BCUT2D eigenvalue weighted by Crippen LogP contribution is 2.31. The van der Waals surface area contributed by atoms with E-state index in [9.17, 15) is 14.4 Å². The smallest absolute Gasteiger partial charge is 0.409 e. The molecule has 3 amide bonds. The van der Waals surface area contributed by atoms with Crippen LogP contribution in [-0.4, -0.2) is 66.5 Å². The van der Waals surface area contributed by atoms with E-state index in [1.54, 1.807) is 11.8 Å². The number of rotatable bonds is 4. The number of carbonyl (C=O) groups is 3. The zero-order valence-corrected chi connectivity index (χ0v) is 17.2. The third-order valence-electron chi connectivity index (χ3n) is 6.48. The number of nitrogens with zero attached hydrogens (tertiary/aromatic N) is 2. The third-order valence-corrected chi connectivity index (χ3v) is 6.48. The summed E-state index contributed by atoms with van der Waals surface area (Å²) in [4.78, 5) is 40.8. The van der Waals surface area contributed by atoms with Crippen molar-refractivity contribution in [1.29, 1.82) is 0 Å². The standard InChI is InChI=1S/C21H35N3O4/c1-2-28-21(27)24-14-10-18(11-15-24)22-19(25)16-6-8-17(9-7-16)20(26)23-12-4-3-5-13-23/h16-18H,2-15H2,1H3,(H,22,25). The Kier molecular flexibility index (Phi) is 7.57. The third kappa shape index (κ3) is 5.39. The minimum absolute atomic E-state index is 0.0218. The van der Waals surface area contributed by atoms with Gasteiger partial charge < -0.3 is 19.9 Å². The van der Waals surface area contributed by atoms with Crippen LogP contribution in [0.5, 0.6) is 0 Å². The average molecular weight is 394 g/mol. The lowest BCUT2D eigenvalue weighted by atomic mass is 9.80. The monoisotopic (exact) mass is 393 g/mol. The van der Waals surface area contributed by atoms with Crippen molar-refractivity contribution in [3.63, 3.8) is 0 Å². The molecule has 0 unspecified atom stereocenters. The number of likely N-dealkylation sites (tertiary alicyclic amines) is 2. The molecule has 7 nitrogen and oxygen atoms in total. The molecular formula is C21H35N3O4. The molecule has 3 rings (SSSR count). The quantitative estimate of drug-likeness (QED) is 0.796. The van der Waals surface area contributed by atoms with Crippen LogP contribution in [0.4, 0.5) is 4.79 Å². The molecule has 3 aliphatic rings. The molecule has 0 aromatic carbocycles. The Bertz CT molecular complexity index is 546. The summed E-state index contributed by atoms with van der Waals surface area (Å²) < 4.78 is 5.03. The molecule has 28 heavy (non-hydrogen) atoms. The molecule has 2 aliphatic heterocycles. The fourth-order valence-corrected chi connectivity index (χ4v) is 4.72. The molecule has 1 aliphatic carbocycles. The fourth-order valence-electron chi connectivity index (χ4n) is 4.72. The van der Waals surface area contributed by atoms with Crippen LogP contribution in [0.1, 0.15) is 64.7 Å². The van der Waals surface area contributed by atoms with Crippen LogP contribution in [0.15, 0.2) is 0 Å². The highest BCUT2D eigenvalue weighted by atomic mass is 16.6. The zero-order chi connectivity index (χ0) is 19.9. The van der Waals surface area contributed by atoms with Crippen molar-refractivity contribution in [2.75, 3.05) is 32.8 Å². The van der Waals surface area contributed by atoms with Crippen LogP contribution >= 0.6 is 0 Å². The van der Waals surface area contributed by atoms with Gasteiger partial charge in [0.25, 0.3) is 0 Å². The second-order valence-electron chi connectivity index (χ2n) is 8.40. The van der Waals surface area contributed by atoms with Gasteiger partial charge in [-0.25, -0.2) is 4.79 Å². The summed E-state index contributed by atoms with van der Waals surface area (Å²) in [6.45, 7) is 5.26. The predicted octanol–water partition coefficient (Wildman–Crippen LogP) is 2.54. The number of ether oxygens (including phenoxy) is 1. The maximum Gasteiger partial charge on any atom is 0.409 e. The van der Waals surface area contributed by atoms with Crippen molar-refractivity contribution >= 4 is 17.9 Å². The molecule has 3 fully saturated rings. The lowest BCUT2D eigenvalue weighted by Gasteiger charge is -2.35. The molecule has 2 saturated heterocycles. The molecule has 0 atom stereocenters. The summed E-state index contributed by atoms with van der Waals surface area (Å²) in [6, 6.07) is 0.130. The van der Waals surface area contributed by atoms with Gasteiger partial charge >= 0.3 is 6.09 Å².